The van der Waals surface area contributed by atoms with E-state index in [0.29, 0.717) is 15.8 Å². The van der Waals surface area contributed by atoms with Crippen LogP contribution in [-0.2, 0) is 21.5 Å². The van der Waals surface area contributed by atoms with Gasteiger partial charge in [-0.2, -0.15) is 0 Å². The van der Waals surface area contributed by atoms with Crippen LogP contribution in [0.3, 0.4) is 0 Å². The fourth-order valence-corrected chi connectivity index (χ4v) is 4.00. The second-order valence-electron chi connectivity index (χ2n) is 9.45. The molecule has 0 radical (unpaired) electrons. The Morgan fingerprint density at radius 2 is 1.76 bits per heavy atom. The number of carbonyl (C=O) groups excluding carboxylic acids is 2. The molecule has 2 unspecified atom stereocenters. The summed E-state index contributed by atoms with van der Waals surface area (Å²) in [4.78, 5) is 27.6. The Hall–Kier alpha value is -1.76. The molecule has 1 N–H and O–H groups in total. The Bertz CT molecular complexity index is 1020. The summed E-state index contributed by atoms with van der Waals surface area (Å²) in [7, 11) is 0. The minimum atomic E-state index is -0.703. The minimum absolute atomic E-state index is 0.00501. The number of hydrogen-bond acceptors (Lipinski definition) is 3. The number of nitrogens with one attached hydrogen (secondary N) is 1. The van der Waals surface area contributed by atoms with Gasteiger partial charge in [-0.25, -0.2) is 0 Å². The van der Waals surface area contributed by atoms with Crippen LogP contribution in [0.1, 0.15) is 59.1 Å². The molecule has 0 bridgehead atoms. The van der Waals surface area contributed by atoms with Gasteiger partial charge in [0.15, 0.2) is 6.61 Å². The fourth-order valence-electron chi connectivity index (χ4n) is 3.19. The van der Waals surface area contributed by atoms with Crippen molar-refractivity contribution in [3.63, 3.8) is 0 Å². The molecule has 0 heterocycles. The van der Waals surface area contributed by atoms with E-state index in [0.717, 1.165) is 22.0 Å². The van der Waals surface area contributed by atoms with Crippen molar-refractivity contribution >= 4 is 50.9 Å². The van der Waals surface area contributed by atoms with Crippen LogP contribution in [0.25, 0.3) is 0 Å². The first-order valence-electron chi connectivity index (χ1n) is 11.3. The molecule has 0 saturated heterocycles. The molecule has 0 aromatic heterocycles. The molecule has 0 aliphatic rings. The van der Waals surface area contributed by atoms with Gasteiger partial charge in [-0.1, -0.05) is 63.0 Å². The highest BCUT2D eigenvalue weighted by Gasteiger charge is 2.27. The third-order valence-electron chi connectivity index (χ3n) is 5.65. The lowest BCUT2D eigenvalue weighted by Crippen LogP contribution is -2.50. The molecule has 2 aromatic carbocycles. The van der Waals surface area contributed by atoms with Crippen LogP contribution in [0.4, 0.5) is 0 Å². The standard InChI is InChI=1S/C26H33BrCl2N2O3/c1-7-16(2)30-25(33)17(3)31(14-18-8-10-21(28)22(29)12-18)24(32)15-34-23-11-9-19(13-20(23)27)26(4,5)6/h8-13,16-17H,7,14-15H2,1-6H3,(H,30,33). The normalized spacial score (nSPS) is 13.2. The van der Waals surface area contributed by atoms with Crippen LogP contribution in [0.5, 0.6) is 5.75 Å². The van der Waals surface area contributed by atoms with Gasteiger partial charge in [-0.05, 0) is 77.0 Å². The van der Waals surface area contributed by atoms with Crippen molar-refractivity contribution in [1.29, 1.82) is 0 Å². The van der Waals surface area contributed by atoms with Crippen LogP contribution in [0, 0.1) is 0 Å². The molecule has 5 nitrogen and oxygen atoms in total. The Labute approximate surface area is 221 Å². The van der Waals surface area contributed by atoms with Crippen molar-refractivity contribution in [1.82, 2.24) is 10.2 Å². The molecule has 34 heavy (non-hydrogen) atoms. The summed E-state index contributed by atoms with van der Waals surface area (Å²) in [6.07, 6.45) is 0.793. The summed E-state index contributed by atoms with van der Waals surface area (Å²) in [5.41, 5.74) is 1.91. The highest BCUT2D eigenvalue weighted by molar-refractivity contribution is 9.10. The molecule has 186 valence electrons. The van der Waals surface area contributed by atoms with Crippen LogP contribution >= 0.6 is 39.1 Å². The maximum Gasteiger partial charge on any atom is 0.261 e. The number of amides is 2. The Morgan fingerprint density at radius 1 is 1.09 bits per heavy atom. The maximum atomic E-state index is 13.3. The van der Waals surface area contributed by atoms with Gasteiger partial charge in [0.2, 0.25) is 5.91 Å². The van der Waals surface area contributed by atoms with Crippen molar-refractivity contribution in [2.75, 3.05) is 6.61 Å². The van der Waals surface area contributed by atoms with E-state index in [1.165, 1.54) is 4.90 Å². The number of hydrogen-bond donors (Lipinski definition) is 1. The number of rotatable bonds is 9. The fraction of sp³-hybridized carbons (Fsp3) is 0.462. The second kappa shape index (κ2) is 12.3. The molecular weight excluding hydrogens is 539 g/mol. The molecule has 0 spiro atoms. The predicted molar refractivity (Wildman–Crippen MR) is 143 cm³/mol. The summed E-state index contributed by atoms with van der Waals surface area (Å²) in [6.45, 7) is 12.0. The van der Waals surface area contributed by atoms with Gasteiger partial charge in [0, 0.05) is 12.6 Å². The summed E-state index contributed by atoms with van der Waals surface area (Å²) < 4.78 is 6.61. The molecule has 2 atom stereocenters. The van der Waals surface area contributed by atoms with Gasteiger partial charge >= 0.3 is 0 Å². The number of ether oxygens (including phenoxy) is 1. The van der Waals surface area contributed by atoms with Crippen molar-refractivity contribution in [2.45, 2.75) is 72.0 Å². The zero-order valence-corrected chi connectivity index (χ0v) is 23.6. The van der Waals surface area contributed by atoms with E-state index in [1.807, 2.05) is 32.0 Å². The largest absolute Gasteiger partial charge is 0.483 e. The van der Waals surface area contributed by atoms with Crippen LogP contribution in [-0.4, -0.2) is 35.4 Å². The monoisotopic (exact) mass is 570 g/mol. The van der Waals surface area contributed by atoms with Crippen LogP contribution < -0.4 is 10.1 Å². The molecule has 2 amide bonds. The van der Waals surface area contributed by atoms with E-state index >= 15 is 0 Å². The number of halogens is 3. The van der Waals surface area contributed by atoms with Crippen molar-refractivity contribution in [3.05, 3.63) is 62.0 Å². The van der Waals surface area contributed by atoms with Gasteiger partial charge in [0.05, 0.1) is 14.5 Å². The lowest BCUT2D eigenvalue weighted by Gasteiger charge is -2.30. The number of carbonyl (C=O) groups is 2. The van der Waals surface area contributed by atoms with Crippen molar-refractivity contribution < 1.29 is 14.3 Å². The highest BCUT2D eigenvalue weighted by Crippen LogP contribution is 2.31. The van der Waals surface area contributed by atoms with Gasteiger partial charge in [0.25, 0.3) is 5.91 Å². The highest BCUT2D eigenvalue weighted by atomic mass is 79.9. The lowest BCUT2D eigenvalue weighted by atomic mass is 9.87. The summed E-state index contributed by atoms with van der Waals surface area (Å²) >= 11 is 15.7. The number of benzene rings is 2. The zero-order chi connectivity index (χ0) is 25.6. The topological polar surface area (TPSA) is 58.6 Å². The summed E-state index contributed by atoms with van der Waals surface area (Å²) in [5.74, 6) is 0.0238. The summed E-state index contributed by atoms with van der Waals surface area (Å²) in [6, 6.07) is 10.3. The van der Waals surface area contributed by atoms with Gasteiger partial charge in [-0.3, -0.25) is 9.59 Å². The Kier molecular flexibility index (Phi) is 10.3. The molecule has 0 aliphatic carbocycles. The van der Waals surface area contributed by atoms with Gasteiger partial charge in [0.1, 0.15) is 11.8 Å². The lowest BCUT2D eigenvalue weighted by molar-refractivity contribution is -0.142. The second-order valence-corrected chi connectivity index (χ2v) is 11.1. The predicted octanol–water partition coefficient (Wildman–Crippen LogP) is 6.76. The number of nitrogens with zero attached hydrogens (tertiary/aromatic N) is 1. The Morgan fingerprint density at radius 3 is 2.32 bits per heavy atom. The molecule has 2 aromatic rings. The van der Waals surface area contributed by atoms with E-state index in [2.05, 4.69) is 42.0 Å². The first-order chi connectivity index (χ1) is 15.8. The van der Waals surface area contributed by atoms with Crippen molar-refractivity contribution in [3.8, 4) is 5.75 Å². The zero-order valence-electron chi connectivity index (χ0n) is 20.5. The quantitative estimate of drug-likeness (QED) is 0.361. The average Bonchev–Trinajstić information content (AvgIpc) is 2.77. The third-order valence-corrected chi connectivity index (χ3v) is 7.01. The van der Waals surface area contributed by atoms with E-state index in [9.17, 15) is 9.59 Å². The third kappa shape index (κ3) is 7.89. The van der Waals surface area contributed by atoms with E-state index in [1.54, 1.807) is 25.1 Å². The first kappa shape index (κ1) is 28.5. The summed E-state index contributed by atoms with van der Waals surface area (Å²) in [5, 5.41) is 3.77. The molecular formula is C26H33BrCl2N2O3. The smallest absolute Gasteiger partial charge is 0.261 e. The van der Waals surface area contributed by atoms with Crippen LogP contribution in [0.15, 0.2) is 40.9 Å². The molecule has 0 saturated carbocycles. The van der Waals surface area contributed by atoms with E-state index in [4.69, 9.17) is 27.9 Å². The average molecular weight is 572 g/mol. The van der Waals surface area contributed by atoms with Crippen molar-refractivity contribution in [2.24, 2.45) is 0 Å². The van der Waals surface area contributed by atoms with E-state index in [-0.39, 0.29) is 36.4 Å². The molecule has 2 rings (SSSR count). The first-order valence-corrected chi connectivity index (χ1v) is 12.8. The van der Waals surface area contributed by atoms with Crippen LogP contribution in [0.2, 0.25) is 10.0 Å². The van der Waals surface area contributed by atoms with E-state index < -0.39 is 6.04 Å². The maximum absolute atomic E-state index is 13.3. The van der Waals surface area contributed by atoms with Gasteiger partial charge in [-0.15, -0.1) is 0 Å². The molecule has 0 fully saturated rings. The molecule has 0 aliphatic heterocycles. The minimum Gasteiger partial charge on any atom is -0.483 e. The SMILES string of the molecule is CCC(C)NC(=O)C(C)N(Cc1ccc(Cl)c(Cl)c1)C(=O)COc1ccc(C(C)(C)C)cc1Br. The Balaban J connectivity index is 2.22. The molecule has 8 heteroatoms. The van der Waals surface area contributed by atoms with Gasteiger partial charge < -0.3 is 15.0 Å².